The van der Waals surface area contributed by atoms with Crippen molar-refractivity contribution in [3.05, 3.63) is 62.7 Å². The zero-order valence-electron chi connectivity index (χ0n) is 14.7. The molecule has 0 bridgehead atoms. The predicted molar refractivity (Wildman–Crippen MR) is 99.1 cm³/mol. The van der Waals surface area contributed by atoms with Crippen LogP contribution in [-0.4, -0.2) is 30.0 Å². The molecule has 0 saturated carbocycles. The zero-order chi connectivity index (χ0) is 20.0. The van der Waals surface area contributed by atoms with Gasteiger partial charge in [-0.05, 0) is 37.1 Å². The number of rotatable bonds is 7. The first-order valence-electron chi connectivity index (χ1n) is 7.85. The Morgan fingerprint density at radius 1 is 1.15 bits per heavy atom. The summed E-state index contributed by atoms with van der Waals surface area (Å²) in [6, 6.07) is 9.20. The van der Waals surface area contributed by atoms with Crippen LogP contribution in [0.1, 0.15) is 11.1 Å². The summed E-state index contributed by atoms with van der Waals surface area (Å²) in [6.07, 6.45) is 0. The van der Waals surface area contributed by atoms with Gasteiger partial charge in [-0.15, -0.1) is 0 Å². The second-order valence-electron chi connectivity index (χ2n) is 5.69. The zero-order valence-corrected chi connectivity index (χ0v) is 15.4. The maximum absolute atomic E-state index is 11.9. The summed E-state index contributed by atoms with van der Waals surface area (Å²) in [5, 5.41) is 13.6. The molecule has 0 saturated heterocycles. The van der Waals surface area contributed by atoms with Crippen molar-refractivity contribution in [2.45, 2.75) is 13.8 Å². The summed E-state index contributed by atoms with van der Waals surface area (Å²) in [5.41, 5.74) is 1.66. The topological polar surface area (TPSA) is 108 Å². The number of nitrogens with zero attached hydrogens (tertiary/aromatic N) is 1. The van der Waals surface area contributed by atoms with Crippen molar-refractivity contribution < 1.29 is 24.0 Å². The molecule has 0 fully saturated rings. The van der Waals surface area contributed by atoms with Gasteiger partial charge < -0.3 is 14.8 Å². The Morgan fingerprint density at radius 3 is 2.59 bits per heavy atom. The number of benzene rings is 2. The van der Waals surface area contributed by atoms with Crippen molar-refractivity contribution in [2.24, 2.45) is 0 Å². The van der Waals surface area contributed by atoms with Gasteiger partial charge in [0.25, 0.3) is 11.6 Å². The molecule has 0 spiro atoms. The van der Waals surface area contributed by atoms with Gasteiger partial charge in [0.05, 0.1) is 15.6 Å². The van der Waals surface area contributed by atoms with E-state index in [1.807, 2.05) is 6.92 Å². The fourth-order valence-corrected chi connectivity index (χ4v) is 2.26. The monoisotopic (exact) mass is 392 g/mol. The lowest BCUT2D eigenvalue weighted by atomic mass is 10.2. The Bertz CT molecular complexity index is 884. The van der Waals surface area contributed by atoms with E-state index in [-0.39, 0.29) is 11.4 Å². The maximum Gasteiger partial charge on any atom is 0.344 e. The van der Waals surface area contributed by atoms with Gasteiger partial charge >= 0.3 is 5.97 Å². The molecular weight excluding hydrogens is 376 g/mol. The van der Waals surface area contributed by atoms with Gasteiger partial charge in [0.2, 0.25) is 0 Å². The van der Waals surface area contributed by atoms with Crippen LogP contribution in [0.3, 0.4) is 0 Å². The number of nitrogens with one attached hydrogen (secondary N) is 1. The lowest BCUT2D eigenvalue weighted by molar-refractivity contribution is -0.384. The third-order valence-corrected chi connectivity index (χ3v) is 3.81. The van der Waals surface area contributed by atoms with E-state index in [0.717, 1.165) is 5.56 Å². The molecule has 27 heavy (non-hydrogen) atoms. The van der Waals surface area contributed by atoms with Gasteiger partial charge in [-0.1, -0.05) is 23.7 Å². The number of carbonyl (C=O) groups excluding carboxylic acids is 2. The van der Waals surface area contributed by atoms with E-state index < -0.39 is 30.0 Å². The summed E-state index contributed by atoms with van der Waals surface area (Å²) in [5.74, 6) is -1.04. The Hall–Kier alpha value is -3.13. The molecule has 0 atom stereocenters. The van der Waals surface area contributed by atoms with Gasteiger partial charge in [-0.25, -0.2) is 4.79 Å². The number of anilines is 1. The molecule has 0 aromatic heterocycles. The van der Waals surface area contributed by atoms with E-state index in [4.69, 9.17) is 21.1 Å². The van der Waals surface area contributed by atoms with Crippen LogP contribution in [0.4, 0.5) is 11.4 Å². The first kappa shape index (κ1) is 20.2. The minimum atomic E-state index is -0.751. The van der Waals surface area contributed by atoms with Crippen molar-refractivity contribution in [1.29, 1.82) is 0 Å². The summed E-state index contributed by atoms with van der Waals surface area (Å²) in [7, 11) is 0. The third-order valence-electron chi connectivity index (χ3n) is 3.50. The number of ether oxygens (including phenoxy) is 2. The number of halogens is 1. The quantitative estimate of drug-likeness (QED) is 0.439. The van der Waals surface area contributed by atoms with E-state index in [9.17, 15) is 19.7 Å². The molecule has 0 aliphatic heterocycles. The number of amides is 1. The lowest BCUT2D eigenvalue weighted by Crippen LogP contribution is -2.24. The smallest absolute Gasteiger partial charge is 0.344 e. The number of esters is 1. The Labute approximate surface area is 160 Å². The summed E-state index contributed by atoms with van der Waals surface area (Å²) < 4.78 is 10.1. The second-order valence-corrected chi connectivity index (χ2v) is 6.09. The summed E-state index contributed by atoms with van der Waals surface area (Å²) in [6.45, 7) is 2.57. The number of nitro benzene ring substituents is 1. The third kappa shape index (κ3) is 5.96. The number of non-ortho nitro benzene ring substituents is 1. The van der Waals surface area contributed by atoms with Gasteiger partial charge in [0.15, 0.2) is 13.2 Å². The average Bonchev–Trinajstić information content (AvgIpc) is 2.62. The van der Waals surface area contributed by atoms with Crippen LogP contribution >= 0.6 is 11.6 Å². The molecule has 2 aromatic rings. The van der Waals surface area contributed by atoms with Crippen molar-refractivity contribution in [2.75, 3.05) is 18.5 Å². The first-order chi connectivity index (χ1) is 12.8. The van der Waals surface area contributed by atoms with Gasteiger partial charge in [0.1, 0.15) is 5.75 Å². The van der Waals surface area contributed by atoms with Gasteiger partial charge in [-0.3, -0.25) is 14.9 Å². The largest absolute Gasteiger partial charge is 0.480 e. The van der Waals surface area contributed by atoms with Gasteiger partial charge in [0, 0.05) is 12.1 Å². The number of nitro groups is 1. The molecule has 8 nitrogen and oxygen atoms in total. The molecule has 0 unspecified atom stereocenters. The van der Waals surface area contributed by atoms with Gasteiger partial charge in [-0.2, -0.15) is 0 Å². The normalized spacial score (nSPS) is 10.2. The fourth-order valence-electron chi connectivity index (χ4n) is 2.09. The average molecular weight is 393 g/mol. The molecule has 142 valence electrons. The van der Waals surface area contributed by atoms with Crippen LogP contribution in [0.15, 0.2) is 36.4 Å². The highest BCUT2D eigenvalue weighted by Crippen LogP contribution is 2.25. The second kappa shape index (κ2) is 9.00. The van der Waals surface area contributed by atoms with Crippen molar-refractivity contribution in [3.8, 4) is 5.75 Å². The molecule has 2 aromatic carbocycles. The standard InChI is InChI=1S/C18H17ClN2O6/c1-11-3-6-14(19)16(7-11)26-10-18(23)27-9-17(22)20-15-8-13(21(24)25)5-4-12(15)2/h3-8H,9-10H2,1-2H3,(H,20,22). The number of hydrogen-bond acceptors (Lipinski definition) is 6. The fraction of sp³-hybridized carbons (Fsp3) is 0.222. The molecule has 9 heteroatoms. The van der Waals surface area contributed by atoms with E-state index >= 15 is 0 Å². The molecule has 1 amide bonds. The minimum Gasteiger partial charge on any atom is -0.480 e. The number of carbonyl (C=O) groups is 2. The Kier molecular flexibility index (Phi) is 6.73. The molecule has 0 radical (unpaired) electrons. The molecule has 0 aliphatic carbocycles. The summed E-state index contributed by atoms with van der Waals surface area (Å²) in [4.78, 5) is 33.9. The number of hydrogen-bond donors (Lipinski definition) is 1. The molecule has 0 aliphatic rings. The Balaban J connectivity index is 1.85. The van der Waals surface area contributed by atoms with Crippen molar-refractivity contribution >= 4 is 34.9 Å². The van der Waals surface area contributed by atoms with E-state index in [1.165, 1.54) is 18.2 Å². The van der Waals surface area contributed by atoms with Crippen molar-refractivity contribution in [3.63, 3.8) is 0 Å². The Morgan fingerprint density at radius 2 is 1.89 bits per heavy atom. The van der Waals surface area contributed by atoms with E-state index in [0.29, 0.717) is 16.3 Å². The number of aryl methyl sites for hydroxylation is 2. The van der Waals surface area contributed by atoms with E-state index in [1.54, 1.807) is 25.1 Å². The molecule has 1 N–H and O–H groups in total. The predicted octanol–water partition coefficient (Wildman–Crippen LogP) is 3.43. The van der Waals surface area contributed by atoms with Crippen LogP contribution in [0.5, 0.6) is 5.75 Å². The lowest BCUT2D eigenvalue weighted by Gasteiger charge is -2.10. The van der Waals surface area contributed by atoms with Crippen LogP contribution < -0.4 is 10.1 Å². The molecule has 2 rings (SSSR count). The highest BCUT2D eigenvalue weighted by molar-refractivity contribution is 6.32. The highest BCUT2D eigenvalue weighted by atomic mass is 35.5. The summed E-state index contributed by atoms with van der Waals surface area (Å²) >= 11 is 5.96. The van der Waals surface area contributed by atoms with Crippen molar-refractivity contribution in [1.82, 2.24) is 0 Å². The minimum absolute atomic E-state index is 0.156. The SMILES string of the molecule is Cc1ccc(Cl)c(OCC(=O)OCC(=O)Nc2cc([N+](=O)[O-])ccc2C)c1. The van der Waals surface area contributed by atoms with Crippen LogP contribution in [0.25, 0.3) is 0 Å². The van der Waals surface area contributed by atoms with Crippen LogP contribution in [-0.2, 0) is 14.3 Å². The molecular formula is C18H17ClN2O6. The maximum atomic E-state index is 11.9. The highest BCUT2D eigenvalue weighted by Gasteiger charge is 2.13. The van der Waals surface area contributed by atoms with Crippen LogP contribution in [0.2, 0.25) is 5.02 Å². The van der Waals surface area contributed by atoms with E-state index in [2.05, 4.69) is 5.32 Å². The van der Waals surface area contributed by atoms with Crippen LogP contribution in [0, 0.1) is 24.0 Å². The molecule has 0 heterocycles. The first-order valence-corrected chi connectivity index (χ1v) is 8.23.